The second-order valence-corrected chi connectivity index (χ2v) is 8.00. The molecule has 5 N–H and O–H groups in total. The molecule has 1 aromatic carbocycles. The lowest BCUT2D eigenvalue weighted by atomic mass is 10.0. The highest BCUT2D eigenvalue weighted by molar-refractivity contribution is 6.35. The van der Waals surface area contributed by atoms with E-state index in [0.717, 1.165) is 42.9 Å². The van der Waals surface area contributed by atoms with Crippen molar-refractivity contribution in [1.82, 2.24) is 15.2 Å². The van der Waals surface area contributed by atoms with Crippen LogP contribution in [-0.2, 0) is 16.0 Å². The van der Waals surface area contributed by atoms with Crippen LogP contribution in [0.2, 0.25) is 0 Å². The number of carbonyl (C=O) groups is 3. The molecule has 168 valence electrons. The van der Waals surface area contributed by atoms with Gasteiger partial charge in [-0.05, 0) is 56.7 Å². The van der Waals surface area contributed by atoms with E-state index in [2.05, 4.69) is 20.9 Å². The molecule has 0 spiro atoms. The number of aromatic amines is 1. The summed E-state index contributed by atoms with van der Waals surface area (Å²) in [7, 11) is 1.87. The minimum Gasteiger partial charge on any atom is -0.387 e. The minimum atomic E-state index is -0.621. The van der Waals surface area contributed by atoms with E-state index in [1.54, 1.807) is 24.3 Å². The van der Waals surface area contributed by atoms with Crippen molar-refractivity contribution in [3.63, 3.8) is 0 Å². The summed E-state index contributed by atoms with van der Waals surface area (Å²) in [5, 5.41) is 17.5. The second-order valence-electron chi connectivity index (χ2n) is 8.00. The molecule has 0 aliphatic carbocycles. The Bertz CT molecular complexity index is 1120. The van der Waals surface area contributed by atoms with Crippen molar-refractivity contribution in [3.05, 3.63) is 46.3 Å². The van der Waals surface area contributed by atoms with Gasteiger partial charge in [-0.3, -0.25) is 14.4 Å². The van der Waals surface area contributed by atoms with Crippen molar-refractivity contribution in [2.24, 2.45) is 0 Å². The lowest BCUT2D eigenvalue weighted by Gasteiger charge is -2.20. The number of fused-ring (bicyclic) bond motifs is 2. The van der Waals surface area contributed by atoms with Crippen molar-refractivity contribution >= 4 is 40.7 Å². The van der Waals surface area contributed by atoms with Crippen LogP contribution < -0.4 is 16.0 Å². The average Bonchev–Trinajstić information content (AvgIpc) is 3.19. The van der Waals surface area contributed by atoms with Crippen LogP contribution in [-0.4, -0.2) is 66.0 Å². The van der Waals surface area contributed by atoms with Gasteiger partial charge in [-0.25, -0.2) is 0 Å². The summed E-state index contributed by atoms with van der Waals surface area (Å²) in [6.07, 6.45) is 3.39. The molecule has 0 unspecified atom stereocenters. The fourth-order valence-corrected chi connectivity index (χ4v) is 4.22. The van der Waals surface area contributed by atoms with Gasteiger partial charge in [0.2, 0.25) is 5.91 Å². The molecular weight excluding hydrogens is 410 g/mol. The smallest absolute Gasteiger partial charge is 0.256 e. The first kappa shape index (κ1) is 21.8. The third-order valence-corrected chi connectivity index (χ3v) is 5.87. The van der Waals surface area contributed by atoms with E-state index in [4.69, 9.17) is 5.11 Å². The maximum absolute atomic E-state index is 13.2. The van der Waals surface area contributed by atoms with E-state index in [1.807, 2.05) is 18.9 Å². The van der Waals surface area contributed by atoms with Gasteiger partial charge in [0.15, 0.2) is 0 Å². The van der Waals surface area contributed by atoms with Crippen molar-refractivity contribution in [2.75, 3.05) is 43.9 Å². The number of likely N-dealkylation sites (N-methyl/N-ethyl adjacent to an activating group) is 1. The number of aliphatic hydroxyl groups is 1. The number of nitrogens with one attached hydrogen (secondary N) is 4. The summed E-state index contributed by atoms with van der Waals surface area (Å²) in [6.45, 7) is 3.37. The van der Waals surface area contributed by atoms with Gasteiger partial charge in [0.25, 0.3) is 11.8 Å². The topological polar surface area (TPSA) is 127 Å². The normalized spacial score (nSPS) is 16.6. The lowest BCUT2D eigenvalue weighted by molar-refractivity contribution is -0.118. The Morgan fingerprint density at radius 1 is 1.31 bits per heavy atom. The lowest BCUT2D eigenvalue weighted by Crippen LogP contribution is -2.36. The highest BCUT2D eigenvalue weighted by Gasteiger charge is 2.29. The molecule has 9 nitrogen and oxygen atoms in total. The molecule has 4 rings (SSSR count). The number of rotatable bonds is 6. The molecule has 0 atom stereocenters. The molecule has 32 heavy (non-hydrogen) atoms. The number of amides is 3. The third kappa shape index (κ3) is 4.04. The van der Waals surface area contributed by atoms with Crippen LogP contribution in [0.1, 0.15) is 39.3 Å². The first-order valence-corrected chi connectivity index (χ1v) is 10.7. The molecule has 0 radical (unpaired) electrons. The number of nitrogens with zero attached hydrogens (tertiary/aromatic N) is 1. The van der Waals surface area contributed by atoms with Crippen LogP contribution in [0.3, 0.4) is 0 Å². The van der Waals surface area contributed by atoms with Gasteiger partial charge in [-0.15, -0.1) is 0 Å². The molecule has 0 bridgehead atoms. The standard InChI is InChI=1S/C23H27N5O4/c1-13-19(26-18-4-3-8-28(9-7-24-2)23(32)21(13)18)11-16-15-10-14(25-20(30)12-29)5-6-17(15)27-22(16)31/h5-6,10-11,24,26,29H,3-4,7-9,12H2,1-2H3,(H,25,30)(H,27,31). The predicted molar refractivity (Wildman–Crippen MR) is 122 cm³/mol. The highest BCUT2D eigenvalue weighted by Crippen LogP contribution is 2.36. The second kappa shape index (κ2) is 8.97. The maximum atomic E-state index is 13.2. The first-order valence-electron chi connectivity index (χ1n) is 10.7. The number of aromatic nitrogens is 1. The summed E-state index contributed by atoms with van der Waals surface area (Å²) in [6, 6.07) is 5.07. The van der Waals surface area contributed by atoms with Crippen molar-refractivity contribution in [3.8, 4) is 0 Å². The summed E-state index contributed by atoms with van der Waals surface area (Å²) in [5.74, 6) is -0.772. The number of aliphatic hydroxyl groups excluding tert-OH is 1. The number of anilines is 2. The number of H-pyrrole nitrogens is 1. The monoisotopic (exact) mass is 437 g/mol. The molecule has 2 aliphatic heterocycles. The van der Waals surface area contributed by atoms with Crippen LogP contribution in [0, 0.1) is 6.92 Å². The molecule has 0 saturated heterocycles. The van der Waals surface area contributed by atoms with E-state index in [1.165, 1.54) is 0 Å². The van der Waals surface area contributed by atoms with E-state index < -0.39 is 12.5 Å². The van der Waals surface area contributed by atoms with E-state index in [9.17, 15) is 14.4 Å². The fourth-order valence-electron chi connectivity index (χ4n) is 4.22. The minimum absolute atomic E-state index is 0.0106. The molecule has 1 aromatic heterocycles. The van der Waals surface area contributed by atoms with Crippen LogP contribution >= 0.6 is 0 Å². The Morgan fingerprint density at radius 3 is 2.88 bits per heavy atom. The van der Waals surface area contributed by atoms with Gasteiger partial charge in [-0.1, -0.05) is 0 Å². The molecule has 0 fully saturated rings. The summed E-state index contributed by atoms with van der Waals surface area (Å²) in [4.78, 5) is 42.6. The van der Waals surface area contributed by atoms with Crippen molar-refractivity contribution in [1.29, 1.82) is 0 Å². The zero-order chi connectivity index (χ0) is 22.8. The molecule has 2 aromatic rings. The van der Waals surface area contributed by atoms with Gasteiger partial charge >= 0.3 is 0 Å². The summed E-state index contributed by atoms with van der Waals surface area (Å²) >= 11 is 0. The fraction of sp³-hybridized carbons (Fsp3) is 0.348. The Hall–Kier alpha value is -3.43. The SMILES string of the molecule is CNCCN1CCCc2[nH]c(C=C3C(=O)Nc4ccc(NC(=O)CO)cc43)c(C)c2C1=O. The molecule has 3 amide bonds. The molecule has 9 heteroatoms. The predicted octanol–water partition coefficient (Wildman–Crippen LogP) is 1.35. The summed E-state index contributed by atoms with van der Waals surface area (Å²) < 4.78 is 0. The van der Waals surface area contributed by atoms with Gasteiger partial charge in [0, 0.05) is 48.0 Å². The van der Waals surface area contributed by atoms with Crippen LogP contribution in [0.15, 0.2) is 18.2 Å². The number of hydrogen-bond donors (Lipinski definition) is 5. The third-order valence-electron chi connectivity index (χ3n) is 5.87. The largest absolute Gasteiger partial charge is 0.387 e. The van der Waals surface area contributed by atoms with Gasteiger partial charge in [-0.2, -0.15) is 0 Å². The van der Waals surface area contributed by atoms with Crippen LogP contribution in [0.4, 0.5) is 11.4 Å². The Balaban J connectivity index is 1.70. The van der Waals surface area contributed by atoms with Gasteiger partial charge in [0.05, 0.1) is 11.1 Å². The van der Waals surface area contributed by atoms with E-state index >= 15 is 0 Å². The molecule has 0 saturated carbocycles. The maximum Gasteiger partial charge on any atom is 0.256 e. The Labute approximate surface area is 185 Å². The highest BCUT2D eigenvalue weighted by atomic mass is 16.3. The van der Waals surface area contributed by atoms with Crippen LogP contribution in [0.25, 0.3) is 11.6 Å². The quantitative estimate of drug-likeness (QED) is 0.436. The first-order chi connectivity index (χ1) is 15.4. The van der Waals surface area contributed by atoms with Crippen LogP contribution in [0.5, 0.6) is 0 Å². The Morgan fingerprint density at radius 2 is 2.12 bits per heavy atom. The van der Waals surface area contributed by atoms with Gasteiger partial charge in [0.1, 0.15) is 6.61 Å². The Kier molecular flexibility index (Phi) is 6.11. The van der Waals surface area contributed by atoms with Crippen molar-refractivity contribution < 1.29 is 19.5 Å². The molecular formula is C23H27N5O4. The zero-order valence-corrected chi connectivity index (χ0v) is 18.2. The molecule has 3 heterocycles. The van der Waals surface area contributed by atoms with E-state index in [-0.39, 0.29) is 11.8 Å². The van der Waals surface area contributed by atoms with Gasteiger partial charge < -0.3 is 30.9 Å². The van der Waals surface area contributed by atoms with E-state index in [0.29, 0.717) is 34.6 Å². The number of carbonyl (C=O) groups excluding carboxylic acids is 3. The number of aryl methyl sites for hydroxylation is 1. The molecule has 2 aliphatic rings. The zero-order valence-electron chi connectivity index (χ0n) is 18.2. The number of benzene rings is 1. The average molecular weight is 438 g/mol. The number of hydrogen-bond acceptors (Lipinski definition) is 5. The summed E-state index contributed by atoms with van der Waals surface area (Å²) in [5.41, 5.74) is 5.35. The van der Waals surface area contributed by atoms with Crippen molar-refractivity contribution in [2.45, 2.75) is 19.8 Å².